The standard InChI is InChI=1S/C64H84N10O12/c1-37(71(15)59(81)85-63(9,10)11)51(75)69-49(61(3,4)5)57(79)73-33-43(31-47(73)55-67-45(35-83-55)39-23-19-17-20-24-39)65-53(77)41-27-29-42(30-28-41)54(78)66-44-32-48(56-68-46(36-84-56)40-25-21-18-22-26-40)74(34-44)58(80)50(62(6,7)8)70-52(76)38(2)72(16)60(82)86-64(12,13)14/h17-30,35-38,43-44,47-50H,31-34H2,1-16H3,(H,65,77)(H,66,78)(H,69,75)(H,70,76). The molecule has 0 saturated carbocycles. The lowest BCUT2D eigenvalue weighted by atomic mass is 9.85. The highest BCUT2D eigenvalue weighted by molar-refractivity contribution is 5.98. The number of benzene rings is 3. The molecule has 7 rings (SSSR count). The zero-order valence-corrected chi connectivity index (χ0v) is 52.3. The van der Waals surface area contributed by atoms with Gasteiger partial charge in [0.1, 0.15) is 71.4 Å². The molecule has 8 unspecified atom stereocenters. The van der Waals surface area contributed by atoms with Gasteiger partial charge in [-0.1, -0.05) is 102 Å². The van der Waals surface area contributed by atoms with Crippen LogP contribution in [0.15, 0.2) is 106 Å². The van der Waals surface area contributed by atoms with E-state index >= 15 is 0 Å². The molecule has 4 N–H and O–H groups in total. The SMILES string of the molecule is CC(C(=O)NC(C(=O)N1CC(NC(=O)c2ccc(C(=O)NC3CC(c4nc(-c5ccccc5)co4)N(C(=O)C(NC(=O)C(C)N(C)C(=O)OC(C)(C)C)C(C)(C)C)C3)cc2)CC1c1nc(-c2ccccc2)co1)C(C)(C)C)N(C)C(=O)OC(C)(C)C. The van der Waals surface area contributed by atoms with Gasteiger partial charge >= 0.3 is 12.2 Å². The number of hydrogen-bond acceptors (Lipinski definition) is 14. The third kappa shape index (κ3) is 16.0. The van der Waals surface area contributed by atoms with Gasteiger partial charge < -0.3 is 49.4 Å². The monoisotopic (exact) mass is 1180 g/mol. The van der Waals surface area contributed by atoms with Crippen LogP contribution in [0.4, 0.5) is 9.59 Å². The van der Waals surface area contributed by atoms with Crippen molar-refractivity contribution in [2.24, 2.45) is 10.8 Å². The molecule has 2 aliphatic rings. The molecule has 8 amide bonds. The molecule has 5 aromatic rings. The molecule has 2 aromatic heterocycles. The van der Waals surface area contributed by atoms with Gasteiger partial charge in [0, 0.05) is 61.5 Å². The van der Waals surface area contributed by atoms with Crippen LogP contribution in [0.3, 0.4) is 0 Å². The van der Waals surface area contributed by atoms with Crippen LogP contribution in [0.25, 0.3) is 22.5 Å². The lowest BCUT2D eigenvalue weighted by Crippen LogP contribution is -2.58. The normalized spacial score (nSPS) is 18.7. The van der Waals surface area contributed by atoms with Gasteiger partial charge in [-0.3, -0.25) is 38.6 Å². The number of nitrogens with zero attached hydrogens (tertiary/aromatic N) is 6. The number of likely N-dealkylation sites (tertiary alicyclic amines) is 2. The summed E-state index contributed by atoms with van der Waals surface area (Å²) >= 11 is 0. The Morgan fingerprint density at radius 2 is 0.849 bits per heavy atom. The zero-order chi connectivity index (χ0) is 63.4. The maximum atomic E-state index is 15.0. The fourth-order valence-electron chi connectivity index (χ4n) is 10.0. The zero-order valence-electron chi connectivity index (χ0n) is 52.3. The number of hydrogen-bond donors (Lipinski definition) is 4. The van der Waals surface area contributed by atoms with Crippen molar-refractivity contribution in [1.29, 1.82) is 0 Å². The Bertz CT molecular complexity index is 3030. The first kappa shape index (κ1) is 65.0. The second kappa shape index (κ2) is 26.0. The Balaban J connectivity index is 1.07. The highest BCUT2D eigenvalue weighted by Gasteiger charge is 2.48. The topological polar surface area (TPSA) is 268 Å². The highest BCUT2D eigenvalue weighted by atomic mass is 16.6. The van der Waals surface area contributed by atoms with Crippen molar-refractivity contribution in [2.75, 3.05) is 27.2 Å². The third-order valence-corrected chi connectivity index (χ3v) is 15.1. The number of likely N-dealkylation sites (N-methyl/N-ethyl adjacent to an activating group) is 2. The fourth-order valence-corrected chi connectivity index (χ4v) is 10.0. The molecule has 0 spiro atoms. The van der Waals surface area contributed by atoms with Crippen molar-refractivity contribution >= 4 is 47.6 Å². The fraction of sp³-hybridized carbons (Fsp3) is 0.500. The Kier molecular flexibility index (Phi) is 19.6. The maximum absolute atomic E-state index is 15.0. The van der Waals surface area contributed by atoms with E-state index in [0.717, 1.165) is 11.1 Å². The van der Waals surface area contributed by atoms with Gasteiger partial charge in [0.25, 0.3) is 11.8 Å². The van der Waals surface area contributed by atoms with Crippen LogP contribution in [0.2, 0.25) is 0 Å². The molecule has 0 aliphatic carbocycles. The van der Waals surface area contributed by atoms with E-state index in [1.807, 2.05) is 102 Å². The largest absolute Gasteiger partial charge is 0.446 e. The van der Waals surface area contributed by atoms with E-state index < -0.39 is 118 Å². The minimum absolute atomic E-state index is 0.0189. The van der Waals surface area contributed by atoms with E-state index in [1.54, 1.807) is 65.2 Å². The third-order valence-electron chi connectivity index (χ3n) is 15.1. The molecule has 3 aromatic carbocycles. The summed E-state index contributed by atoms with van der Waals surface area (Å²) in [5, 5.41) is 11.9. The molecule has 2 saturated heterocycles. The van der Waals surface area contributed by atoms with E-state index in [9.17, 15) is 38.4 Å². The van der Waals surface area contributed by atoms with Gasteiger partial charge in [0.15, 0.2) is 0 Å². The predicted octanol–water partition coefficient (Wildman–Crippen LogP) is 8.71. The van der Waals surface area contributed by atoms with Gasteiger partial charge in [0.2, 0.25) is 35.4 Å². The first-order chi connectivity index (χ1) is 40.1. The molecule has 22 heteroatoms. The molecular formula is C64H84N10O12. The van der Waals surface area contributed by atoms with E-state index in [-0.39, 0.29) is 48.8 Å². The molecule has 8 atom stereocenters. The first-order valence-electron chi connectivity index (χ1n) is 29.0. The summed E-state index contributed by atoms with van der Waals surface area (Å²) < 4.78 is 23.1. The number of oxazole rings is 2. The Labute approximate surface area is 503 Å². The summed E-state index contributed by atoms with van der Waals surface area (Å²) in [6.45, 7) is 24.4. The van der Waals surface area contributed by atoms with Gasteiger partial charge in [-0.15, -0.1) is 0 Å². The predicted molar refractivity (Wildman–Crippen MR) is 321 cm³/mol. The summed E-state index contributed by atoms with van der Waals surface area (Å²) in [5.74, 6) is -2.56. The molecular weight excluding hydrogens is 1100 g/mol. The second-order valence-electron chi connectivity index (χ2n) is 26.4. The number of ether oxygens (including phenoxy) is 2. The summed E-state index contributed by atoms with van der Waals surface area (Å²) in [4.78, 5) is 127. The van der Waals surface area contributed by atoms with E-state index in [2.05, 4.69) is 21.3 Å². The van der Waals surface area contributed by atoms with Crippen molar-refractivity contribution in [2.45, 2.75) is 169 Å². The molecule has 86 heavy (non-hydrogen) atoms. The Hall–Kier alpha value is -8.56. The lowest BCUT2D eigenvalue weighted by Gasteiger charge is -2.36. The van der Waals surface area contributed by atoms with Gasteiger partial charge in [-0.05, 0) is 103 Å². The van der Waals surface area contributed by atoms with Gasteiger partial charge in [-0.25, -0.2) is 19.6 Å². The van der Waals surface area contributed by atoms with E-state index in [4.69, 9.17) is 28.3 Å². The quantitative estimate of drug-likeness (QED) is 0.0720. The second-order valence-corrected chi connectivity index (χ2v) is 26.4. The van der Waals surface area contributed by atoms with Crippen molar-refractivity contribution in [3.8, 4) is 22.5 Å². The Morgan fingerprint density at radius 3 is 1.15 bits per heavy atom. The molecule has 2 fully saturated rings. The van der Waals surface area contributed by atoms with E-state index in [0.29, 0.717) is 11.4 Å². The van der Waals surface area contributed by atoms with Crippen LogP contribution in [0.5, 0.6) is 0 Å². The van der Waals surface area contributed by atoms with Crippen LogP contribution in [0.1, 0.15) is 154 Å². The van der Waals surface area contributed by atoms with Crippen LogP contribution in [-0.2, 0) is 28.7 Å². The van der Waals surface area contributed by atoms with E-state index in [1.165, 1.54) is 60.7 Å². The van der Waals surface area contributed by atoms with Crippen LogP contribution in [0, 0.1) is 10.8 Å². The van der Waals surface area contributed by atoms with Gasteiger partial charge in [0.05, 0.1) is 0 Å². The summed E-state index contributed by atoms with van der Waals surface area (Å²) in [6.07, 6.45) is 2.01. The number of amides is 8. The summed E-state index contributed by atoms with van der Waals surface area (Å²) in [6, 6.07) is 17.8. The summed E-state index contributed by atoms with van der Waals surface area (Å²) in [7, 11) is 2.90. The molecule has 0 bridgehead atoms. The number of nitrogens with one attached hydrogen (secondary N) is 4. The van der Waals surface area contributed by atoms with Gasteiger partial charge in [-0.2, -0.15) is 0 Å². The number of rotatable bonds is 16. The number of carbonyl (C=O) groups is 8. The average molecular weight is 1190 g/mol. The molecule has 2 aliphatic heterocycles. The molecule has 4 heterocycles. The Morgan fingerprint density at radius 1 is 0.523 bits per heavy atom. The van der Waals surface area contributed by atoms with Crippen LogP contribution < -0.4 is 21.3 Å². The number of carbonyl (C=O) groups excluding carboxylic acids is 8. The van der Waals surface area contributed by atoms with Crippen LogP contribution >= 0.6 is 0 Å². The summed E-state index contributed by atoms with van der Waals surface area (Å²) in [5.41, 5.74) is -0.145. The first-order valence-corrected chi connectivity index (χ1v) is 29.0. The maximum Gasteiger partial charge on any atom is 0.410 e. The molecule has 0 radical (unpaired) electrons. The molecule has 462 valence electrons. The average Bonchev–Trinajstić information content (AvgIpc) is 2.21. The number of aromatic nitrogens is 2. The molecule has 22 nitrogen and oxygen atoms in total. The minimum atomic E-state index is -1.10. The van der Waals surface area contributed by atoms with Crippen molar-refractivity contribution < 1.29 is 56.7 Å². The van der Waals surface area contributed by atoms with Crippen molar-refractivity contribution in [3.05, 3.63) is 120 Å². The lowest BCUT2D eigenvalue weighted by molar-refractivity contribution is -0.141. The van der Waals surface area contributed by atoms with Crippen molar-refractivity contribution in [1.82, 2.24) is 50.8 Å². The van der Waals surface area contributed by atoms with Crippen LogP contribution in [-0.4, -0.2) is 152 Å². The van der Waals surface area contributed by atoms with Crippen molar-refractivity contribution in [3.63, 3.8) is 0 Å². The minimum Gasteiger partial charge on any atom is -0.446 e. The smallest absolute Gasteiger partial charge is 0.410 e. The highest BCUT2D eigenvalue weighted by Crippen LogP contribution is 2.38.